The van der Waals surface area contributed by atoms with E-state index < -0.39 is 6.09 Å². The number of hydrogen-bond acceptors (Lipinski definition) is 7. The van der Waals surface area contributed by atoms with Crippen LogP contribution in [0.3, 0.4) is 0 Å². The molecule has 1 aliphatic heterocycles. The van der Waals surface area contributed by atoms with Crippen molar-refractivity contribution in [2.75, 3.05) is 26.1 Å². The highest BCUT2D eigenvalue weighted by Gasteiger charge is 2.24. The number of carbonyl (C=O) groups is 2. The monoisotopic (exact) mass is 451 g/mol. The lowest BCUT2D eigenvalue weighted by Crippen LogP contribution is -2.35. The Hall–Kier alpha value is -3.85. The summed E-state index contributed by atoms with van der Waals surface area (Å²) in [7, 11) is 3.12. The number of thiophene rings is 1. The molecule has 1 aliphatic rings. The van der Waals surface area contributed by atoms with Crippen molar-refractivity contribution in [2.45, 2.75) is 6.54 Å². The molecule has 4 rings (SSSR count). The number of methoxy groups -OCH3 is 2. The van der Waals surface area contributed by atoms with E-state index in [1.54, 1.807) is 38.5 Å². The molecule has 2 amide bonds. The van der Waals surface area contributed by atoms with Gasteiger partial charge >= 0.3 is 6.09 Å². The summed E-state index contributed by atoms with van der Waals surface area (Å²) in [6.45, 7) is 0.179. The van der Waals surface area contributed by atoms with Crippen molar-refractivity contribution in [3.63, 3.8) is 0 Å². The molecule has 2 aromatic carbocycles. The smallest absolute Gasteiger partial charge is 0.431 e. The van der Waals surface area contributed by atoms with E-state index in [1.807, 2.05) is 35.7 Å². The predicted molar refractivity (Wildman–Crippen MR) is 122 cm³/mol. The largest absolute Gasteiger partial charge is 0.493 e. The van der Waals surface area contributed by atoms with E-state index in [1.165, 1.54) is 16.3 Å². The number of nitrogens with zero attached hydrogens (tertiary/aromatic N) is 2. The van der Waals surface area contributed by atoms with Crippen LogP contribution in [0.4, 0.5) is 10.5 Å². The molecule has 8 nitrogen and oxygen atoms in total. The van der Waals surface area contributed by atoms with Gasteiger partial charge in [0.1, 0.15) is 12.3 Å². The summed E-state index contributed by atoms with van der Waals surface area (Å²) in [5, 5.41) is 10.5. The average molecular weight is 452 g/mol. The minimum atomic E-state index is -0.561. The maximum atomic E-state index is 12.5. The molecule has 0 atom stereocenters. The van der Waals surface area contributed by atoms with Crippen molar-refractivity contribution < 1.29 is 23.8 Å². The number of cyclic esters (lactones) is 1. The molecule has 1 aromatic heterocycles. The number of anilines is 1. The molecule has 0 aliphatic carbocycles. The molecule has 0 fully saturated rings. The van der Waals surface area contributed by atoms with Crippen molar-refractivity contribution in [2.24, 2.45) is 5.10 Å². The molecule has 1 N–H and O–H groups in total. The summed E-state index contributed by atoms with van der Waals surface area (Å²) in [6.07, 6.45) is -0.561. The Morgan fingerprint density at radius 3 is 2.69 bits per heavy atom. The van der Waals surface area contributed by atoms with Crippen LogP contribution in [0.2, 0.25) is 0 Å². The minimum absolute atomic E-state index is 0.0432. The van der Waals surface area contributed by atoms with Gasteiger partial charge in [0.05, 0.1) is 25.6 Å². The van der Waals surface area contributed by atoms with Gasteiger partial charge in [0, 0.05) is 11.3 Å². The van der Waals surface area contributed by atoms with E-state index in [9.17, 15) is 9.59 Å². The highest BCUT2D eigenvalue weighted by atomic mass is 32.1. The SMILES string of the molecule is COc1ccc(C2=NN(Cc3ccccc3NC(=O)c3cccs3)C(=O)OC2)cc1OC. The van der Waals surface area contributed by atoms with Crippen molar-refractivity contribution in [1.82, 2.24) is 5.01 Å². The molecule has 0 saturated carbocycles. The Balaban J connectivity index is 1.58. The number of rotatable bonds is 7. The molecule has 9 heteroatoms. The van der Waals surface area contributed by atoms with Crippen LogP contribution in [0.1, 0.15) is 20.8 Å². The number of carbonyl (C=O) groups excluding carboxylic acids is 2. The van der Waals surface area contributed by atoms with Gasteiger partial charge in [-0.05, 0) is 41.3 Å². The standard InChI is InChI=1S/C23H21N3O5S/c1-29-19-10-9-15(12-20(19)30-2)18-14-31-23(28)26(25-18)13-16-6-3-4-7-17(16)24-22(27)21-8-5-11-32-21/h3-12H,13-14H2,1-2H3,(H,24,27). The summed E-state index contributed by atoms with van der Waals surface area (Å²) in [6, 6.07) is 16.2. The fraction of sp³-hybridized carbons (Fsp3) is 0.174. The zero-order valence-corrected chi connectivity index (χ0v) is 18.3. The van der Waals surface area contributed by atoms with Crippen LogP contribution in [0.5, 0.6) is 11.5 Å². The molecule has 0 unspecified atom stereocenters. The van der Waals surface area contributed by atoms with Gasteiger partial charge in [0.2, 0.25) is 0 Å². The molecular formula is C23H21N3O5S. The van der Waals surface area contributed by atoms with E-state index in [0.717, 1.165) is 11.1 Å². The molecule has 0 saturated heterocycles. The third-order valence-corrected chi connectivity index (χ3v) is 5.70. The molecule has 0 bridgehead atoms. The Kier molecular flexibility index (Phi) is 6.37. The minimum Gasteiger partial charge on any atom is -0.493 e. The van der Waals surface area contributed by atoms with E-state index in [2.05, 4.69) is 10.4 Å². The zero-order chi connectivity index (χ0) is 22.5. The van der Waals surface area contributed by atoms with Crippen molar-refractivity contribution >= 4 is 34.7 Å². The van der Waals surface area contributed by atoms with Crippen LogP contribution in [-0.4, -0.2) is 43.5 Å². The number of amides is 2. The summed E-state index contributed by atoms with van der Waals surface area (Å²) in [4.78, 5) is 25.5. The van der Waals surface area contributed by atoms with Crippen LogP contribution < -0.4 is 14.8 Å². The first kappa shape index (κ1) is 21.4. The predicted octanol–water partition coefficient (Wildman–Crippen LogP) is 4.37. The molecule has 2 heterocycles. The third kappa shape index (κ3) is 4.57. The van der Waals surface area contributed by atoms with Gasteiger partial charge in [0.25, 0.3) is 5.91 Å². The van der Waals surface area contributed by atoms with Crippen molar-refractivity contribution in [3.8, 4) is 11.5 Å². The molecule has 164 valence electrons. The van der Waals surface area contributed by atoms with Gasteiger partial charge in [-0.15, -0.1) is 11.3 Å². The first-order chi connectivity index (χ1) is 15.6. The summed E-state index contributed by atoms with van der Waals surface area (Å²) < 4.78 is 16.0. The molecule has 3 aromatic rings. The van der Waals surface area contributed by atoms with Gasteiger partial charge in [-0.1, -0.05) is 24.3 Å². The third-order valence-electron chi connectivity index (χ3n) is 4.83. The highest BCUT2D eigenvalue weighted by molar-refractivity contribution is 7.12. The molecule has 0 spiro atoms. The van der Waals surface area contributed by atoms with Gasteiger partial charge in [0.15, 0.2) is 11.5 Å². The molecule has 0 radical (unpaired) electrons. The van der Waals surface area contributed by atoms with Gasteiger partial charge in [-0.2, -0.15) is 10.1 Å². The fourth-order valence-electron chi connectivity index (χ4n) is 3.21. The van der Waals surface area contributed by atoms with Crippen LogP contribution in [0, 0.1) is 0 Å². The number of benzene rings is 2. The second kappa shape index (κ2) is 9.52. The maximum Gasteiger partial charge on any atom is 0.431 e. The normalized spacial score (nSPS) is 13.2. The van der Waals surface area contributed by atoms with Crippen molar-refractivity contribution in [3.05, 3.63) is 76.0 Å². The summed E-state index contributed by atoms with van der Waals surface area (Å²) >= 11 is 1.36. The number of hydrazone groups is 1. The first-order valence-electron chi connectivity index (χ1n) is 9.76. The van der Waals surface area contributed by atoms with E-state index >= 15 is 0 Å². The lowest BCUT2D eigenvalue weighted by molar-refractivity contribution is 0.103. The number of hydrogen-bond donors (Lipinski definition) is 1. The van der Waals surface area contributed by atoms with Gasteiger partial charge < -0.3 is 19.5 Å². The lowest BCUT2D eigenvalue weighted by Gasteiger charge is -2.24. The van der Waals surface area contributed by atoms with Crippen LogP contribution >= 0.6 is 11.3 Å². The fourth-order valence-corrected chi connectivity index (χ4v) is 3.83. The maximum absolute atomic E-state index is 12.5. The van der Waals surface area contributed by atoms with Crippen LogP contribution in [0.25, 0.3) is 0 Å². The number of nitrogens with one attached hydrogen (secondary N) is 1. The average Bonchev–Trinajstić information content (AvgIpc) is 3.36. The zero-order valence-electron chi connectivity index (χ0n) is 17.5. The van der Waals surface area contributed by atoms with Gasteiger partial charge in [-0.25, -0.2) is 4.79 Å². The van der Waals surface area contributed by atoms with Crippen molar-refractivity contribution in [1.29, 1.82) is 0 Å². The Morgan fingerprint density at radius 2 is 1.94 bits per heavy atom. The highest BCUT2D eigenvalue weighted by Crippen LogP contribution is 2.29. The Labute approximate surface area is 189 Å². The van der Waals surface area contributed by atoms with E-state index in [0.29, 0.717) is 27.8 Å². The second-order valence-corrected chi connectivity index (χ2v) is 7.76. The molecular weight excluding hydrogens is 430 g/mol. The lowest BCUT2D eigenvalue weighted by atomic mass is 10.1. The summed E-state index contributed by atoms with van der Waals surface area (Å²) in [5.41, 5.74) is 2.66. The molecule has 32 heavy (non-hydrogen) atoms. The van der Waals surface area contributed by atoms with Gasteiger partial charge in [-0.3, -0.25) is 4.79 Å². The second-order valence-electron chi connectivity index (χ2n) is 6.82. The number of para-hydroxylation sites is 1. The van der Waals surface area contributed by atoms with E-state index in [-0.39, 0.29) is 19.1 Å². The Morgan fingerprint density at radius 1 is 1.12 bits per heavy atom. The van der Waals surface area contributed by atoms with Crippen LogP contribution in [-0.2, 0) is 11.3 Å². The quantitative estimate of drug-likeness (QED) is 0.576. The first-order valence-corrected chi connectivity index (χ1v) is 10.6. The van der Waals surface area contributed by atoms with Crippen LogP contribution in [0.15, 0.2) is 65.1 Å². The van der Waals surface area contributed by atoms with E-state index in [4.69, 9.17) is 14.2 Å². The summed E-state index contributed by atoms with van der Waals surface area (Å²) in [5.74, 6) is 0.942. The topological polar surface area (TPSA) is 89.5 Å². The number of ether oxygens (including phenoxy) is 3. The Bertz CT molecular complexity index is 1160.